The normalized spacial score (nSPS) is 17.5. The molecular weight excluding hydrogens is 192 g/mol. The molecule has 1 fully saturated rings. The molecule has 0 spiro atoms. The summed E-state index contributed by atoms with van der Waals surface area (Å²) in [7, 11) is 0. The van der Waals surface area contributed by atoms with Gasteiger partial charge in [0.25, 0.3) is 0 Å². The van der Waals surface area contributed by atoms with E-state index in [1.165, 1.54) is 12.8 Å². The molecule has 1 amide bonds. The smallest absolute Gasteiger partial charge is 0.246 e. The largest absolute Gasteiger partial charge is 0.372 e. The first-order valence-corrected chi connectivity index (χ1v) is 5.84. The molecule has 1 aliphatic carbocycles. The van der Waals surface area contributed by atoms with Crippen LogP contribution < -0.4 is 11.1 Å². The number of rotatable bonds is 8. The lowest BCUT2D eigenvalue weighted by atomic mass is 10.2. The van der Waals surface area contributed by atoms with Crippen molar-refractivity contribution in [2.75, 3.05) is 19.8 Å². The first-order valence-electron chi connectivity index (χ1n) is 5.84. The Labute approximate surface area is 91.5 Å². The molecule has 4 heteroatoms. The van der Waals surface area contributed by atoms with Crippen molar-refractivity contribution in [1.29, 1.82) is 0 Å². The van der Waals surface area contributed by atoms with Gasteiger partial charge in [0.1, 0.15) is 6.61 Å². The second-order valence-corrected chi connectivity index (χ2v) is 4.21. The number of hydrogen-bond acceptors (Lipinski definition) is 3. The SMILES string of the molecule is CCCCOCC(=O)NCC(N)C1CC1. The average molecular weight is 214 g/mol. The lowest BCUT2D eigenvalue weighted by Crippen LogP contribution is -2.40. The molecule has 3 N–H and O–H groups in total. The van der Waals surface area contributed by atoms with Crippen LogP contribution in [-0.4, -0.2) is 31.7 Å². The van der Waals surface area contributed by atoms with Crippen LogP contribution in [0.5, 0.6) is 0 Å². The Hall–Kier alpha value is -0.610. The van der Waals surface area contributed by atoms with Crippen LogP contribution in [0.3, 0.4) is 0 Å². The summed E-state index contributed by atoms with van der Waals surface area (Å²) >= 11 is 0. The quantitative estimate of drug-likeness (QED) is 0.583. The first-order chi connectivity index (χ1) is 7.24. The highest BCUT2D eigenvalue weighted by molar-refractivity contribution is 5.77. The van der Waals surface area contributed by atoms with Crippen molar-refractivity contribution in [2.24, 2.45) is 11.7 Å². The van der Waals surface area contributed by atoms with Gasteiger partial charge in [0.15, 0.2) is 0 Å². The van der Waals surface area contributed by atoms with Gasteiger partial charge in [-0.05, 0) is 25.2 Å². The van der Waals surface area contributed by atoms with Gasteiger partial charge in [-0.25, -0.2) is 0 Å². The summed E-state index contributed by atoms with van der Waals surface area (Å²) in [6.45, 7) is 3.51. The number of hydrogen-bond donors (Lipinski definition) is 2. The summed E-state index contributed by atoms with van der Waals surface area (Å²) in [5, 5.41) is 2.79. The summed E-state index contributed by atoms with van der Waals surface area (Å²) < 4.78 is 5.19. The molecule has 0 aliphatic heterocycles. The van der Waals surface area contributed by atoms with Crippen LogP contribution in [0.15, 0.2) is 0 Å². The Bertz CT molecular complexity index is 193. The van der Waals surface area contributed by atoms with Crippen molar-refractivity contribution in [3.63, 3.8) is 0 Å². The van der Waals surface area contributed by atoms with E-state index in [1.807, 2.05) is 0 Å². The van der Waals surface area contributed by atoms with Gasteiger partial charge in [-0.1, -0.05) is 13.3 Å². The van der Waals surface area contributed by atoms with Crippen molar-refractivity contribution in [3.05, 3.63) is 0 Å². The van der Waals surface area contributed by atoms with E-state index >= 15 is 0 Å². The Morgan fingerprint density at radius 2 is 2.33 bits per heavy atom. The van der Waals surface area contributed by atoms with Gasteiger partial charge < -0.3 is 15.8 Å². The predicted octanol–water partition coefficient (Wildman–Crippen LogP) is 0.657. The summed E-state index contributed by atoms with van der Waals surface area (Å²) in [4.78, 5) is 11.3. The van der Waals surface area contributed by atoms with Crippen LogP contribution in [0.1, 0.15) is 32.6 Å². The number of unbranched alkanes of at least 4 members (excludes halogenated alkanes) is 1. The fraction of sp³-hybridized carbons (Fsp3) is 0.909. The van der Waals surface area contributed by atoms with E-state index in [1.54, 1.807) is 0 Å². The van der Waals surface area contributed by atoms with E-state index in [0.29, 0.717) is 19.1 Å². The fourth-order valence-electron chi connectivity index (χ4n) is 1.39. The molecule has 0 saturated heterocycles. The zero-order valence-electron chi connectivity index (χ0n) is 9.50. The molecule has 88 valence electrons. The zero-order chi connectivity index (χ0) is 11.1. The summed E-state index contributed by atoms with van der Waals surface area (Å²) in [6, 6.07) is 0.129. The average Bonchev–Trinajstić information content (AvgIpc) is 3.04. The number of nitrogens with two attached hydrogens (primary N) is 1. The number of carbonyl (C=O) groups is 1. The van der Waals surface area contributed by atoms with Crippen LogP contribution in [0, 0.1) is 5.92 Å². The lowest BCUT2D eigenvalue weighted by molar-refractivity contribution is -0.125. The van der Waals surface area contributed by atoms with Gasteiger partial charge in [-0.15, -0.1) is 0 Å². The van der Waals surface area contributed by atoms with Gasteiger partial charge in [-0.2, -0.15) is 0 Å². The number of nitrogens with one attached hydrogen (secondary N) is 1. The summed E-state index contributed by atoms with van der Waals surface area (Å²) in [5.41, 5.74) is 5.85. The topological polar surface area (TPSA) is 64.3 Å². The van der Waals surface area contributed by atoms with Crippen molar-refractivity contribution < 1.29 is 9.53 Å². The Kier molecular flexibility index (Phi) is 5.65. The molecule has 0 heterocycles. The molecule has 0 bridgehead atoms. The predicted molar refractivity (Wildman–Crippen MR) is 59.4 cm³/mol. The zero-order valence-corrected chi connectivity index (χ0v) is 9.50. The molecular formula is C11H22N2O2. The number of ether oxygens (including phenoxy) is 1. The molecule has 4 nitrogen and oxygen atoms in total. The Morgan fingerprint density at radius 1 is 1.60 bits per heavy atom. The number of carbonyl (C=O) groups excluding carboxylic acids is 1. The standard InChI is InChI=1S/C11H22N2O2/c1-2-3-6-15-8-11(14)13-7-10(12)9-4-5-9/h9-10H,2-8,12H2,1H3,(H,13,14). The molecule has 0 aromatic rings. The van der Waals surface area contributed by atoms with E-state index in [2.05, 4.69) is 12.2 Å². The van der Waals surface area contributed by atoms with Crippen LogP contribution in [0.25, 0.3) is 0 Å². The highest BCUT2D eigenvalue weighted by Crippen LogP contribution is 2.31. The highest BCUT2D eigenvalue weighted by Gasteiger charge is 2.28. The highest BCUT2D eigenvalue weighted by atomic mass is 16.5. The van der Waals surface area contributed by atoms with Crippen molar-refractivity contribution in [2.45, 2.75) is 38.6 Å². The van der Waals surface area contributed by atoms with Crippen molar-refractivity contribution >= 4 is 5.91 Å². The van der Waals surface area contributed by atoms with Crippen LogP contribution in [-0.2, 0) is 9.53 Å². The minimum Gasteiger partial charge on any atom is -0.372 e. The van der Waals surface area contributed by atoms with Gasteiger partial charge >= 0.3 is 0 Å². The molecule has 0 radical (unpaired) electrons. The summed E-state index contributed by atoms with van der Waals surface area (Å²) in [5.74, 6) is 0.577. The van der Waals surface area contributed by atoms with E-state index in [9.17, 15) is 4.79 Å². The lowest BCUT2D eigenvalue weighted by Gasteiger charge is -2.11. The number of amides is 1. The van der Waals surface area contributed by atoms with Gasteiger partial charge in [-0.3, -0.25) is 4.79 Å². The molecule has 0 aromatic carbocycles. The van der Waals surface area contributed by atoms with E-state index in [-0.39, 0.29) is 18.6 Å². The van der Waals surface area contributed by atoms with Gasteiger partial charge in [0.05, 0.1) is 0 Å². The van der Waals surface area contributed by atoms with E-state index < -0.39 is 0 Å². The molecule has 1 aliphatic rings. The van der Waals surface area contributed by atoms with Crippen LogP contribution in [0.2, 0.25) is 0 Å². The van der Waals surface area contributed by atoms with Crippen molar-refractivity contribution in [3.8, 4) is 0 Å². The monoisotopic (exact) mass is 214 g/mol. The maximum absolute atomic E-state index is 11.3. The molecule has 0 aromatic heterocycles. The second-order valence-electron chi connectivity index (χ2n) is 4.21. The fourth-order valence-corrected chi connectivity index (χ4v) is 1.39. The molecule has 1 unspecified atom stereocenters. The van der Waals surface area contributed by atoms with E-state index in [4.69, 9.17) is 10.5 Å². The second kappa shape index (κ2) is 6.80. The molecule has 1 atom stereocenters. The third-order valence-electron chi connectivity index (χ3n) is 2.64. The third kappa shape index (κ3) is 5.74. The van der Waals surface area contributed by atoms with Crippen LogP contribution in [0.4, 0.5) is 0 Å². The first kappa shape index (κ1) is 12.5. The van der Waals surface area contributed by atoms with Gasteiger partial charge in [0.2, 0.25) is 5.91 Å². The van der Waals surface area contributed by atoms with E-state index in [0.717, 1.165) is 12.8 Å². The minimum atomic E-state index is -0.0535. The molecule has 1 saturated carbocycles. The van der Waals surface area contributed by atoms with Gasteiger partial charge in [0, 0.05) is 19.2 Å². The summed E-state index contributed by atoms with van der Waals surface area (Å²) in [6.07, 6.45) is 4.52. The van der Waals surface area contributed by atoms with Crippen LogP contribution >= 0.6 is 0 Å². The third-order valence-corrected chi connectivity index (χ3v) is 2.64. The Morgan fingerprint density at radius 3 is 2.93 bits per heavy atom. The maximum atomic E-state index is 11.3. The molecule has 1 rings (SSSR count). The maximum Gasteiger partial charge on any atom is 0.246 e. The molecule has 15 heavy (non-hydrogen) atoms. The van der Waals surface area contributed by atoms with Crippen molar-refractivity contribution in [1.82, 2.24) is 5.32 Å². The Balaban J connectivity index is 1.93. The minimum absolute atomic E-state index is 0.0535.